The van der Waals surface area contributed by atoms with Crippen LogP contribution in [0.2, 0.25) is 10.0 Å². The number of carbonyl (C=O) groups excluding carboxylic acids is 1. The van der Waals surface area contributed by atoms with Crippen LogP contribution in [-0.2, 0) is 24.8 Å². The number of halogens is 2. The van der Waals surface area contributed by atoms with Gasteiger partial charge in [0.15, 0.2) is 0 Å². The van der Waals surface area contributed by atoms with Crippen LogP contribution >= 0.6 is 23.2 Å². The van der Waals surface area contributed by atoms with Gasteiger partial charge in [-0.1, -0.05) is 29.8 Å². The summed E-state index contributed by atoms with van der Waals surface area (Å²) >= 11 is 13.0. The molecular formula is C23H22Cl2N6O3. The van der Waals surface area contributed by atoms with Gasteiger partial charge >= 0.3 is 0 Å². The van der Waals surface area contributed by atoms with Gasteiger partial charge in [-0.2, -0.15) is 10.2 Å². The zero-order valence-electron chi connectivity index (χ0n) is 18.8. The summed E-state index contributed by atoms with van der Waals surface area (Å²) in [5, 5.41) is 12.5. The molecule has 0 saturated carbocycles. The van der Waals surface area contributed by atoms with E-state index in [2.05, 4.69) is 22.1 Å². The number of aromatic nitrogens is 5. The largest absolute Gasteiger partial charge is 0.495 e. The van der Waals surface area contributed by atoms with E-state index >= 15 is 0 Å². The molecule has 0 aliphatic rings. The van der Waals surface area contributed by atoms with E-state index in [0.29, 0.717) is 57.0 Å². The maximum absolute atomic E-state index is 11.7. The average molecular weight is 501 g/mol. The van der Waals surface area contributed by atoms with Crippen LogP contribution in [0.5, 0.6) is 11.5 Å². The van der Waals surface area contributed by atoms with E-state index in [4.69, 9.17) is 37.7 Å². The Morgan fingerprint density at radius 3 is 2.56 bits per heavy atom. The number of nitrogens with zero attached hydrogens (tertiary/aromatic N) is 5. The molecule has 0 aliphatic carbocycles. The number of methoxy groups -OCH3 is 2. The normalized spacial score (nSPS) is 11.0. The first-order valence-electron chi connectivity index (χ1n) is 10.2. The molecule has 0 bridgehead atoms. The number of hydrogen-bond acceptors (Lipinski definition) is 6. The van der Waals surface area contributed by atoms with E-state index in [1.165, 1.54) is 20.3 Å². The SMILES string of the molecule is C=CC(=O)Nc1cn(C)nc1Cc1ccc2c(cnn2Cc2c(Cl)c(OC)cc(OC)c2Cl)n1. The first-order valence-corrected chi connectivity index (χ1v) is 11.0. The summed E-state index contributed by atoms with van der Waals surface area (Å²) in [6.45, 7) is 3.78. The van der Waals surface area contributed by atoms with Gasteiger partial charge in [0.1, 0.15) is 17.0 Å². The third-order valence-corrected chi connectivity index (χ3v) is 6.06. The van der Waals surface area contributed by atoms with Crippen molar-refractivity contribution in [2.75, 3.05) is 19.5 Å². The number of amides is 1. The molecule has 1 N–H and O–H groups in total. The molecule has 0 spiro atoms. The number of rotatable bonds is 8. The number of hydrogen-bond donors (Lipinski definition) is 1. The summed E-state index contributed by atoms with van der Waals surface area (Å²) in [7, 11) is 4.85. The van der Waals surface area contributed by atoms with Gasteiger partial charge in [0.05, 0.1) is 53.9 Å². The summed E-state index contributed by atoms with van der Waals surface area (Å²) in [5.41, 5.74) is 4.22. The second-order valence-electron chi connectivity index (χ2n) is 7.43. The summed E-state index contributed by atoms with van der Waals surface area (Å²) in [6, 6.07) is 5.46. The Labute approximate surface area is 205 Å². The fourth-order valence-electron chi connectivity index (χ4n) is 3.58. The number of fused-ring (bicyclic) bond motifs is 1. The third-order valence-electron chi connectivity index (χ3n) is 5.23. The van der Waals surface area contributed by atoms with Crippen molar-refractivity contribution < 1.29 is 14.3 Å². The molecule has 0 unspecified atom stereocenters. The molecule has 4 aromatic rings. The van der Waals surface area contributed by atoms with Gasteiger partial charge in [-0.05, 0) is 18.2 Å². The van der Waals surface area contributed by atoms with Gasteiger partial charge in [0, 0.05) is 37.0 Å². The topological polar surface area (TPSA) is 96.1 Å². The van der Waals surface area contributed by atoms with Crippen LogP contribution in [0.1, 0.15) is 17.0 Å². The molecule has 0 atom stereocenters. The number of benzene rings is 1. The molecule has 9 nitrogen and oxygen atoms in total. The van der Waals surface area contributed by atoms with E-state index < -0.39 is 0 Å². The highest BCUT2D eigenvalue weighted by atomic mass is 35.5. The van der Waals surface area contributed by atoms with Crippen LogP contribution in [-0.4, -0.2) is 44.7 Å². The molecule has 3 aromatic heterocycles. The number of anilines is 1. The highest BCUT2D eigenvalue weighted by molar-refractivity contribution is 6.37. The predicted octanol–water partition coefficient (Wildman–Crippen LogP) is 4.25. The minimum absolute atomic E-state index is 0.299. The number of ether oxygens (including phenoxy) is 2. The molecule has 1 aromatic carbocycles. The zero-order chi connectivity index (χ0) is 24.4. The Morgan fingerprint density at radius 1 is 1.21 bits per heavy atom. The smallest absolute Gasteiger partial charge is 0.247 e. The van der Waals surface area contributed by atoms with Crippen molar-refractivity contribution in [3.8, 4) is 11.5 Å². The lowest BCUT2D eigenvalue weighted by Gasteiger charge is -2.15. The lowest BCUT2D eigenvalue weighted by atomic mass is 10.1. The summed E-state index contributed by atoms with van der Waals surface area (Å²) < 4.78 is 14.1. The summed E-state index contributed by atoms with van der Waals surface area (Å²) in [6.07, 6.45) is 5.06. The van der Waals surface area contributed by atoms with Crippen molar-refractivity contribution in [3.05, 3.63) is 70.2 Å². The maximum Gasteiger partial charge on any atom is 0.247 e. The number of aryl methyl sites for hydroxylation is 1. The van der Waals surface area contributed by atoms with Crippen LogP contribution in [0.25, 0.3) is 11.0 Å². The molecule has 11 heteroatoms. The van der Waals surface area contributed by atoms with Crippen molar-refractivity contribution in [1.82, 2.24) is 24.5 Å². The lowest BCUT2D eigenvalue weighted by molar-refractivity contribution is -0.111. The lowest BCUT2D eigenvalue weighted by Crippen LogP contribution is -2.09. The standard InChI is InChI=1S/C23H22Cl2N6O3/c1-5-21(32)28-17-12-30(2)29-15(17)8-13-6-7-18-16(27-13)10-26-31(18)11-14-22(24)19(33-3)9-20(34-4)23(14)25/h5-7,9-10,12H,1,8,11H2,2-4H3,(H,28,32). The van der Waals surface area contributed by atoms with E-state index in [9.17, 15) is 4.79 Å². The monoisotopic (exact) mass is 500 g/mol. The number of pyridine rings is 1. The predicted molar refractivity (Wildman–Crippen MR) is 131 cm³/mol. The molecule has 0 aliphatic heterocycles. The zero-order valence-corrected chi connectivity index (χ0v) is 20.3. The van der Waals surface area contributed by atoms with Gasteiger partial charge < -0.3 is 14.8 Å². The molecule has 176 valence electrons. The van der Waals surface area contributed by atoms with Crippen LogP contribution in [0.15, 0.2) is 43.2 Å². The Hall–Kier alpha value is -3.56. The van der Waals surface area contributed by atoms with Gasteiger partial charge in [-0.3, -0.25) is 14.2 Å². The Kier molecular flexibility index (Phi) is 6.76. The minimum Gasteiger partial charge on any atom is -0.495 e. The van der Waals surface area contributed by atoms with E-state index in [0.717, 1.165) is 11.2 Å². The Balaban J connectivity index is 1.64. The first-order chi connectivity index (χ1) is 16.3. The van der Waals surface area contributed by atoms with Gasteiger partial charge in [-0.15, -0.1) is 0 Å². The fourth-order valence-corrected chi connectivity index (χ4v) is 4.20. The molecule has 4 rings (SSSR count). The van der Waals surface area contributed by atoms with E-state index in [-0.39, 0.29) is 5.91 Å². The van der Waals surface area contributed by atoms with Crippen LogP contribution in [0, 0.1) is 0 Å². The fraction of sp³-hybridized carbons (Fsp3) is 0.217. The quantitative estimate of drug-likeness (QED) is 0.363. The summed E-state index contributed by atoms with van der Waals surface area (Å²) in [4.78, 5) is 16.4. The Morgan fingerprint density at radius 2 is 1.91 bits per heavy atom. The van der Waals surface area contributed by atoms with Crippen LogP contribution < -0.4 is 14.8 Å². The minimum atomic E-state index is -0.301. The van der Waals surface area contributed by atoms with Crippen molar-refractivity contribution >= 4 is 45.8 Å². The molecule has 0 radical (unpaired) electrons. The molecule has 0 saturated heterocycles. The first kappa shape index (κ1) is 23.6. The maximum atomic E-state index is 11.7. The van der Waals surface area contributed by atoms with E-state index in [1.54, 1.807) is 34.9 Å². The van der Waals surface area contributed by atoms with Crippen molar-refractivity contribution in [3.63, 3.8) is 0 Å². The molecule has 34 heavy (non-hydrogen) atoms. The molecule has 3 heterocycles. The Bertz CT molecular complexity index is 1370. The highest BCUT2D eigenvalue weighted by Crippen LogP contribution is 2.40. The average Bonchev–Trinajstić information content (AvgIpc) is 3.38. The van der Waals surface area contributed by atoms with Gasteiger partial charge in [-0.25, -0.2) is 4.98 Å². The molecular weight excluding hydrogens is 479 g/mol. The van der Waals surface area contributed by atoms with Crippen LogP contribution in [0.3, 0.4) is 0 Å². The second-order valence-corrected chi connectivity index (χ2v) is 8.19. The third kappa shape index (κ3) is 4.57. The molecule has 1 amide bonds. The van der Waals surface area contributed by atoms with Crippen molar-refractivity contribution in [2.45, 2.75) is 13.0 Å². The summed E-state index contributed by atoms with van der Waals surface area (Å²) in [5.74, 6) is 0.624. The van der Waals surface area contributed by atoms with Gasteiger partial charge in [0.25, 0.3) is 0 Å². The molecule has 0 fully saturated rings. The number of carbonyl (C=O) groups is 1. The highest BCUT2D eigenvalue weighted by Gasteiger charge is 2.19. The second kappa shape index (κ2) is 9.74. The number of nitrogens with one attached hydrogen (secondary N) is 1. The van der Waals surface area contributed by atoms with Crippen molar-refractivity contribution in [2.24, 2.45) is 7.05 Å². The van der Waals surface area contributed by atoms with Crippen LogP contribution in [0.4, 0.5) is 5.69 Å². The van der Waals surface area contributed by atoms with Crippen molar-refractivity contribution in [1.29, 1.82) is 0 Å². The van der Waals surface area contributed by atoms with Gasteiger partial charge in [0.2, 0.25) is 5.91 Å². The van der Waals surface area contributed by atoms with E-state index in [1.807, 2.05) is 12.1 Å².